The number of aryl methyl sites for hydroxylation is 1. The van der Waals surface area contributed by atoms with Gasteiger partial charge in [-0.15, -0.1) is 5.10 Å². The van der Waals surface area contributed by atoms with Crippen LogP contribution in [0.4, 0.5) is 11.4 Å². The van der Waals surface area contributed by atoms with Crippen LogP contribution in [0.3, 0.4) is 0 Å². The second-order valence-corrected chi connectivity index (χ2v) is 9.25. The minimum Gasteiger partial charge on any atom is -0.372 e. The Balaban J connectivity index is 1.23. The lowest BCUT2D eigenvalue weighted by atomic mass is 10.1. The zero-order valence-electron chi connectivity index (χ0n) is 17.8. The molecule has 1 aromatic heterocycles. The van der Waals surface area contributed by atoms with Crippen molar-refractivity contribution in [1.82, 2.24) is 14.8 Å². The van der Waals surface area contributed by atoms with E-state index in [0.717, 1.165) is 48.7 Å². The number of carbonyl (C=O) groups is 1. The molecule has 5 rings (SSSR count). The van der Waals surface area contributed by atoms with Gasteiger partial charge in [0.2, 0.25) is 11.1 Å². The van der Waals surface area contributed by atoms with Crippen LogP contribution in [-0.4, -0.2) is 39.5 Å². The zero-order chi connectivity index (χ0) is 21.2. The molecule has 2 heterocycles. The summed E-state index contributed by atoms with van der Waals surface area (Å²) < 4.78 is 1.93. The maximum absolute atomic E-state index is 12.6. The zero-order valence-corrected chi connectivity index (χ0v) is 18.6. The predicted molar refractivity (Wildman–Crippen MR) is 125 cm³/mol. The molecular formula is C24H27N5OS. The Hall–Kier alpha value is -2.80. The molecule has 1 saturated heterocycles. The molecule has 1 amide bonds. The van der Waals surface area contributed by atoms with Crippen LogP contribution < -0.4 is 10.2 Å². The van der Waals surface area contributed by atoms with Crippen molar-refractivity contribution in [2.24, 2.45) is 0 Å². The monoisotopic (exact) mass is 433 g/mol. The van der Waals surface area contributed by atoms with Crippen LogP contribution in [0.15, 0.2) is 53.7 Å². The number of carbonyl (C=O) groups excluding carboxylic acids is 1. The lowest BCUT2D eigenvalue weighted by molar-refractivity contribution is -0.113. The molecular weight excluding hydrogens is 406 g/mol. The SMILES string of the molecule is Cc1cc(N2CCCC2)ccc1NC(=O)CSc1nc(C2CC2)n(-c2ccccc2)n1. The van der Waals surface area contributed by atoms with E-state index >= 15 is 0 Å². The Kier molecular flexibility index (Phi) is 5.68. The lowest BCUT2D eigenvalue weighted by Gasteiger charge is -2.19. The van der Waals surface area contributed by atoms with E-state index in [0.29, 0.717) is 11.1 Å². The summed E-state index contributed by atoms with van der Waals surface area (Å²) >= 11 is 1.39. The Morgan fingerprint density at radius 2 is 1.87 bits per heavy atom. The summed E-state index contributed by atoms with van der Waals surface area (Å²) in [4.78, 5) is 19.7. The van der Waals surface area contributed by atoms with E-state index in [2.05, 4.69) is 27.4 Å². The highest BCUT2D eigenvalue weighted by molar-refractivity contribution is 7.99. The van der Waals surface area contributed by atoms with Gasteiger partial charge >= 0.3 is 0 Å². The average molecular weight is 434 g/mol. The fourth-order valence-corrected chi connectivity index (χ4v) is 4.64. The molecule has 0 radical (unpaired) electrons. The number of anilines is 2. The van der Waals surface area contributed by atoms with E-state index in [1.54, 1.807) is 0 Å². The Morgan fingerprint density at radius 1 is 1.10 bits per heavy atom. The van der Waals surface area contributed by atoms with E-state index < -0.39 is 0 Å². The standard InChI is InChI=1S/C24H27N5OS/c1-17-15-20(28-13-5-6-14-28)11-12-21(17)25-22(30)16-31-24-26-23(18-9-10-18)29(27-24)19-7-3-2-4-8-19/h2-4,7-8,11-12,15,18H,5-6,9-10,13-14,16H2,1H3,(H,25,30). The van der Waals surface area contributed by atoms with Gasteiger partial charge in [-0.1, -0.05) is 30.0 Å². The summed E-state index contributed by atoms with van der Waals surface area (Å²) in [6, 6.07) is 16.4. The van der Waals surface area contributed by atoms with Crippen LogP contribution in [0, 0.1) is 6.92 Å². The van der Waals surface area contributed by atoms with Crippen molar-refractivity contribution in [1.29, 1.82) is 0 Å². The van der Waals surface area contributed by atoms with E-state index in [1.165, 1.54) is 30.3 Å². The predicted octanol–water partition coefficient (Wildman–Crippen LogP) is 4.78. The third-order valence-corrected chi connectivity index (χ3v) is 6.68. The first-order chi connectivity index (χ1) is 15.2. The summed E-state index contributed by atoms with van der Waals surface area (Å²) in [5.74, 6) is 1.73. The number of thioether (sulfide) groups is 1. The van der Waals surface area contributed by atoms with E-state index in [9.17, 15) is 4.79 Å². The summed E-state index contributed by atoms with van der Waals surface area (Å²) in [6.45, 7) is 4.29. The summed E-state index contributed by atoms with van der Waals surface area (Å²) in [5, 5.41) is 8.38. The Morgan fingerprint density at radius 3 is 2.58 bits per heavy atom. The van der Waals surface area contributed by atoms with Gasteiger partial charge < -0.3 is 10.2 Å². The first-order valence-corrected chi connectivity index (χ1v) is 12.0. The second-order valence-electron chi connectivity index (χ2n) is 8.30. The first-order valence-electron chi connectivity index (χ1n) is 11.0. The number of aromatic nitrogens is 3. The van der Waals surface area contributed by atoms with Gasteiger partial charge in [0.15, 0.2) is 0 Å². The molecule has 0 bridgehead atoms. The molecule has 1 aliphatic carbocycles. The third-order valence-electron chi connectivity index (χ3n) is 5.84. The number of nitrogens with one attached hydrogen (secondary N) is 1. The highest BCUT2D eigenvalue weighted by Gasteiger charge is 2.30. The van der Waals surface area contributed by atoms with E-state index in [-0.39, 0.29) is 11.7 Å². The van der Waals surface area contributed by atoms with Gasteiger partial charge in [0.05, 0.1) is 11.4 Å². The highest BCUT2D eigenvalue weighted by atomic mass is 32.2. The van der Waals surface area contributed by atoms with Gasteiger partial charge in [-0.05, 0) is 68.5 Å². The number of benzene rings is 2. The molecule has 2 fully saturated rings. The van der Waals surface area contributed by atoms with Crippen LogP contribution in [0.2, 0.25) is 0 Å². The molecule has 1 N–H and O–H groups in total. The van der Waals surface area contributed by atoms with Gasteiger partial charge in [-0.25, -0.2) is 9.67 Å². The normalized spacial score (nSPS) is 16.0. The number of hydrogen-bond acceptors (Lipinski definition) is 5. The van der Waals surface area contributed by atoms with Crippen LogP contribution in [0.1, 0.15) is 43.0 Å². The Bertz CT molecular complexity index is 1070. The first kappa shape index (κ1) is 20.1. The van der Waals surface area contributed by atoms with Crippen LogP contribution in [0.25, 0.3) is 5.69 Å². The van der Waals surface area contributed by atoms with Crippen LogP contribution in [-0.2, 0) is 4.79 Å². The maximum Gasteiger partial charge on any atom is 0.234 e. The minimum atomic E-state index is -0.0361. The molecule has 0 spiro atoms. The van der Waals surface area contributed by atoms with Crippen molar-refractivity contribution in [3.8, 4) is 5.69 Å². The van der Waals surface area contributed by atoms with E-state index in [4.69, 9.17) is 4.98 Å². The molecule has 1 aliphatic heterocycles. The fourth-order valence-electron chi connectivity index (χ4n) is 4.01. The third kappa shape index (κ3) is 4.61. The number of hydrogen-bond donors (Lipinski definition) is 1. The molecule has 0 atom stereocenters. The van der Waals surface area contributed by atoms with Crippen molar-refractivity contribution in [2.75, 3.05) is 29.1 Å². The van der Waals surface area contributed by atoms with Crippen molar-refractivity contribution in [3.63, 3.8) is 0 Å². The molecule has 2 aromatic carbocycles. The largest absolute Gasteiger partial charge is 0.372 e. The van der Waals surface area contributed by atoms with Crippen LogP contribution in [0.5, 0.6) is 0 Å². The van der Waals surface area contributed by atoms with Gasteiger partial charge in [0, 0.05) is 30.4 Å². The molecule has 3 aromatic rings. The average Bonchev–Trinajstić information content (AvgIpc) is 3.31. The summed E-state index contributed by atoms with van der Waals surface area (Å²) in [7, 11) is 0. The molecule has 7 heteroatoms. The smallest absolute Gasteiger partial charge is 0.234 e. The molecule has 31 heavy (non-hydrogen) atoms. The summed E-state index contributed by atoms with van der Waals surface area (Å²) in [6.07, 6.45) is 4.82. The molecule has 1 saturated carbocycles. The lowest BCUT2D eigenvalue weighted by Crippen LogP contribution is -2.18. The highest BCUT2D eigenvalue weighted by Crippen LogP contribution is 2.40. The second kappa shape index (κ2) is 8.75. The topological polar surface area (TPSA) is 63.1 Å². The van der Waals surface area contributed by atoms with Crippen molar-refractivity contribution >= 4 is 29.0 Å². The van der Waals surface area contributed by atoms with Crippen molar-refractivity contribution in [3.05, 3.63) is 59.9 Å². The molecule has 2 aliphatic rings. The fraction of sp³-hybridized carbons (Fsp3) is 0.375. The van der Waals surface area contributed by atoms with Crippen LogP contribution >= 0.6 is 11.8 Å². The number of rotatable bonds is 7. The molecule has 6 nitrogen and oxygen atoms in total. The summed E-state index contributed by atoms with van der Waals surface area (Å²) in [5.41, 5.74) is 4.22. The molecule has 0 unspecified atom stereocenters. The van der Waals surface area contributed by atoms with Crippen molar-refractivity contribution < 1.29 is 4.79 Å². The van der Waals surface area contributed by atoms with Gasteiger partial charge in [0.1, 0.15) is 5.82 Å². The Labute approximate surface area is 187 Å². The maximum atomic E-state index is 12.6. The van der Waals surface area contributed by atoms with Gasteiger partial charge in [-0.2, -0.15) is 0 Å². The quantitative estimate of drug-likeness (QED) is 0.543. The number of nitrogens with zero attached hydrogens (tertiary/aromatic N) is 4. The number of amides is 1. The van der Waals surface area contributed by atoms with Gasteiger partial charge in [-0.3, -0.25) is 4.79 Å². The minimum absolute atomic E-state index is 0.0361. The number of para-hydroxylation sites is 1. The van der Waals surface area contributed by atoms with Gasteiger partial charge in [0.25, 0.3) is 0 Å². The molecule has 160 valence electrons. The van der Waals surface area contributed by atoms with E-state index in [1.807, 2.05) is 48.0 Å². The van der Waals surface area contributed by atoms with Crippen molar-refractivity contribution in [2.45, 2.75) is 43.7 Å².